The van der Waals surface area contributed by atoms with Crippen LogP contribution < -0.4 is 5.73 Å². The molecule has 0 aromatic carbocycles. The second-order valence-corrected chi connectivity index (χ2v) is 6.64. The first-order valence-electron chi connectivity index (χ1n) is 7.02. The van der Waals surface area contributed by atoms with E-state index in [1.54, 1.807) is 0 Å². The highest BCUT2D eigenvalue weighted by atomic mass is 16.4. The molecule has 0 aromatic heterocycles. The van der Waals surface area contributed by atoms with Gasteiger partial charge in [0, 0.05) is 12.5 Å². The minimum Gasteiger partial charge on any atom is -0.480 e. The van der Waals surface area contributed by atoms with Gasteiger partial charge in [0.2, 0.25) is 5.91 Å². The van der Waals surface area contributed by atoms with Crippen molar-refractivity contribution in [2.45, 2.75) is 46.2 Å². The van der Waals surface area contributed by atoms with Crippen molar-refractivity contribution in [3.05, 3.63) is 0 Å². The lowest BCUT2D eigenvalue weighted by Crippen LogP contribution is -2.53. The van der Waals surface area contributed by atoms with Crippen LogP contribution in [0, 0.1) is 23.2 Å². The van der Waals surface area contributed by atoms with E-state index in [1.165, 1.54) is 4.90 Å². The zero-order chi connectivity index (χ0) is 14.5. The maximum absolute atomic E-state index is 12.4. The summed E-state index contributed by atoms with van der Waals surface area (Å²) in [6.07, 6.45) is 0.816. The molecule has 1 saturated heterocycles. The highest BCUT2D eigenvalue weighted by Gasteiger charge is 2.69. The fourth-order valence-corrected chi connectivity index (χ4v) is 3.48. The molecular weight excluding hydrogens is 244 g/mol. The second-order valence-electron chi connectivity index (χ2n) is 6.64. The lowest BCUT2D eigenvalue weighted by molar-refractivity contribution is -0.151. The van der Waals surface area contributed by atoms with Crippen LogP contribution in [0.5, 0.6) is 0 Å². The average molecular weight is 268 g/mol. The summed E-state index contributed by atoms with van der Waals surface area (Å²) >= 11 is 0. The van der Waals surface area contributed by atoms with Crippen LogP contribution in [0.25, 0.3) is 0 Å². The van der Waals surface area contributed by atoms with E-state index in [2.05, 4.69) is 13.8 Å². The van der Waals surface area contributed by atoms with Crippen LogP contribution in [0.1, 0.15) is 34.1 Å². The monoisotopic (exact) mass is 268 g/mol. The first kappa shape index (κ1) is 14.3. The minimum absolute atomic E-state index is 0.0420. The number of carbonyl (C=O) groups excluding carboxylic acids is 1. The number of nitrogens with zero attached hydrogens (tertiary/aromatic N) is 1. The lowest BCUT2D eigenvalue weighted by atomic mass is 9.96. The number of hydrogen-bond acceptors (Lipinski definition) is 3. The van der Waals surface area contributed by atoms with E-state index < -0.39 is 18.1 Å². The van der Waals surface area contributed by atoms with Gasteiger partial charge in [-0.25, -0.2) is 4.79 Å². The van der Waals surface area contributed by atoms with Gasteiger partial charge in [0.25, 0.3) is 0 Å². The van der Waals surface area contributed by atoms with Gasteiger partial charge in [-0.05, 0) is 17.3 Å². The minimum atomic E-state index is -0.900. The predicted molar refractivity (Wildman–Crippen MR) is 71.3 cm³/mol. The van der Waals surface area contributed by atoms with Gasteiger partial charge < -0.3 is 15.7 Å². The Morgan fingerprint density at radius 1 is 1.47 bits per heavy atom. The van der Waals surface area contributed by atoms with Crippen molar-refractivity contribution in [2.24, 2.45) is 28.9 Å². The summed E-state index contributed by atoms with van der Waals surface area (Å²) < 4.78 is 0. The molecule has 0 spiro atoms. The third-order valence-corrected chi connectivity index (χ3v) is 5.29. The number of amides is 1. The molecule has 3 N–H and O–H groups in total. The molecular formula is C14H24N2O3. The molecule has 1 saturated carbocycles. The van der Waals surface area contributed by atoms with E-state index in [0.29, 0.717) is 12.5 Å². The summed E-state index contributed by atoms with van der Waals surface area (Å²) in [5, 5.41) is 9.40. The molecule has 1 aliphatic heterocycles. The first-order chi connectivity index (χ1) is 8.73. The molecule has 5 atom stereocenters. The number of piperidine rings is 1. The molecule has 5 nitrogen and oxygen atoms in total. The third kappa shape index (κ3) is 2.04. The van der Waals surface area contributed by atoms with Crippen LogP contribution in [0.4, 0.5) is 0 Å². The number of rotatable bonds is 4. The molecule has 0 unspecified atom stereocenters. The Hall–Kier alpha value is -1.10. The molecule has 1 aliphatic carbocycles. The number of hydrogen-bond donors (Lipinski definition) is 2. The number of fused-ring (bicyclic) bond motifs is 1. The maximum atomic E-state index is 12.4. The van der Waals surface area contributed by atoms with Gasteiger partial charge in [-0.1, -0.05) is 34.1 Å². The molecule has 2 fully saturated rings. The van der Waals surface area contributed by atoms with E-state index in [1.807, 2.05) is 13.8 Å². The Balaban J connectivity index is 2.14. The highest BCUT2D eigenvalue weighted by Crippen LogP contribution is 2.64. The SMILES string of the molecule is CC[C@H](C)[C@H](N)C(=O)N1C[C@H]2[C@@H]([C@H]1C(=O)O)C2(C)C. The number of carboxylic acid groups (broad SMARTS) is 1. The quantitative estimate of drug-likeness (QED) is 0.794. The van der Waals surface area contributed by atoms with E-state index in [0.717, 1.165) is 6.42 Å². The molecule has 5 heteroatoms. The van der Waals surface area contributed by atoms with E-state index in [4.69, 9.17) is 5.73 Å². The Bertz CT molecular complexity index is 407. The molecule has 0 radical (unpaired) electrons. The zero-order valence-corrected chi connectivity index (χ0v) is 12.1. The molecule has 1 heterocycles. The Morgan fingerprint density at radius 2 is 2.05 bits per heavy atom. The molecule has 2 rings (SSSR count). The third-order valence-electron chi connectivity index (χ3n) is 5.29. The van der Waals surface area contributed by atoms with Crippen LogP contribution in [-0.2, 0) is 9.59 Å². The normalized spacial score (nSPS) is 34.6. The van der Waals surface area contributed by atoms with Gasteiger partial charge >= 0.3 is 5.97 Å². The Labute approximate surface area is 114 Å². The second kappa shape index (κ2) is 4.47. The van der Waals surface area contributed by atoms with Crippen molar-refractivity contribution in [2.75, 3.05) is 6.54 Å². The zero-order valence-electron chi connectivity index (χ0n) is 12.1. The molecule has 0 bridgehead atoms. The molecule has 0 aromatic rings. The van der Waals surface area contributed by atoms with Gasteiger partial charge in [0.1, 0.15) is 6.04 Å². The number of likely N-dealkylation sites (tertiary alicyclic amines) is 1. The van der Waals surface area contributed by atoms with Crippen molar-refractivity contribution >= 4 is 11.9 Å². The Kier molecular flexibility index (Phi) is 3.37. The smallest absolute Gasteiger partial charge is 0.326 e. The Morgan fingerprint density at radius 3 is 2.53 bits per heavy atom. The largest absolute Gasteiger partial charge is 0.480 e. The van der Waals surface area contributed by atoms with Crippen LogP contribution >= 0.6 is 0 Å². The number of carboxylic acids is 1. The van der Waals surface area contributed by atoms with Crippen molar-refractivity contribution in [1.82, 2.24) is 4.90 Å². The molecule has 19 heavy (non-hydrogen) atoms. The topological polar surface area (TPSA) is 83.6 Å². The summed E-state index contributed by atoms with van der Waals surface area (Å²) in [4.78, 5) is 25.3. The first-order valence-corrected chi connectivity index (χ1v) is 7.02. The average Bonchev–Trinajstić information content (AvgIpc) is 2.77. The van der Waals surface area contributed by atoms with Crippen LogP contribution in [0.2, 0.25) is 0 Å². The lowest BCUT2D eigenvalue weighted by Gasteiger charge is -2.31. The van der Waals surface area contributed by atoms with Crippen LogP contribution in [0.15, 0.2) is 0 Å². The molecule has 1 amide bonds. The van der Waals surface area contributed by atoms with E-state index in [9.17, 15) is 14.7 Å². The summed E-state index contributed by atoms with van der Waals surface area (Å²) in [6, 6.07) is -1.28. The van der Waals surface area contributed by atoms with Crippen LogP contribution in [0.3, 0.4) is 0 Å². The van der Waals surface area contributed by atoms with Gasteiger partial charge in [-0.2, -0.15) is 0 Å². The number of aliphatic carboxylic acids is 1. The number of nitrogens with two attached hydrogens (primary N) is 1. The van der Waals surface area contributed by atoms with Gasteiger partial charge in [-0.15, -0.1) is 0 Å². The van der Waals surface area contributed by atoms with Crippen molar-refractivity contribution in [3.63, 3.8) is 0 Å². The molecule has 108 valence electrons. The van der Waals surface area contributed by atoms with E-state index >= 15 is 0 Å². The van der Waals surface area contributed by atoms with Crippen molar-refractivity contribution in [3.8, 4) is 0 Å². The predicted octanol–water partition coefficient (Wildman–Crippen LogP) is 0.927. The standard InChI is InChI=1S/C14H24N2O3/c1-5-7(2)10(15)12(17)16-6-8-9(14(8,3)4)11(16)13(18)19/h7-11H,5-6,15H2,1-4H3,(H,18,19)/t7-,8-,9-,10-,11-/m0/s1. The van der Waals surface area contributed by atoms with E-state index in [-0.39, 0.29) is 23.2 Å². The fourth-order valence-electron chi connectivity index (χ4n) is 3.48. The highest BCUT2D eigenvalue weighted by molar-refractivity contribution is 5.88. The fraction of sp³-hybridized carbons (Fsp3) is 0.857. The van der Waals surface area contributed by atoms with Gasteiger partial charge in [0.05, 0.1) is 6.04 Å². The van der Waals surface area contributed by atoms with Gasteiger partial charge in [0.15, 0.2) is 0 Å². The molecule has 2 aliphatic rings. The van der Waals surface area contributed by atoms with Gasteiger partial charge in [-0.3, -0.25) is 4.79 Å². The maximum Gasteiger partial charge on any atom is 0.326 e. The van der Waals surface area contributed by atoms with Crippen molar-refractivity contribution in [1.29, 1.82) is 0 Å². The number of carbonyl (C=O) groups is 2. The van der Waals surface area contributed by atoms with Crippen molar-refractivity contribution < 1.29 is 14.7 Å². The summed E-state index contributed by atoms with van der Waals surface area (Å²) in [6.45, 7) is 8.61. The summed E-state index contributed by atoms with van der Waals surface area (Å²) in [5.74, 6) is -0.640. The summed E-state index contributed by atoms with van der Waals surface area (Å²) in [7, 11) is 0. The van der Waals surface area contributed by atoms with Crippen LogP contribution in [-0.4, -0.2) is 40.5 Å². The summed E-state index contributed by atoms with van der Waals surface area (Å²) in [5.41, 5.74) is 6.00.